The van der Waals surface area contributed by atoms with E-state index in [0.29, 0.717) is 5.88 Å². The van der Waals surface area contributed by atoms with E-state index in [-0.39, 0.29) is 6.04 Å². The number of methoxy groups -OCH3 is 1. The van der Waals surface area contributed by atoms with Gasteiger partial charge in [-0.1, -0.05) is 30.3 Å². The van der Waals surface area contributed by atoms with Gasteiger partial charge < -0.3 is 10.5 Å². The molecule has 0 fully saturated rings. The highest BCUT2D eigenvalue weighted by molar-refractivity contribution is 5.35. The van der Waals surface area contributed by atoms with Crippen molar-refractivity contribution >= 4 is 0 Å². The lowest BCUT2D eigenvalue weighted by atomic mass is 9.99. The van der Waals surface area contributed by atoms with Crippen molar-refractivity contribution in [1.82, 2.24) is 4.98 Å². The molecular formula is C14H16N2O. The quantitative estimate of drug-likeness (QED) is 0.877. The van der Waals surface area contributed by atoms with Crippen LogP contribution in [0.1, 0.15) is 22.9 Å². The van der Waals surface area contributed by atoms with Gasteiger partial charge in [0.15, 0.2) is 0 Å². The van der Waals surface area contributed by atoms with Crippen molar-refractivity contribution in [1.29, 1.82) is 0 Å². The zero-order valence-electron chi connectivity index (χ0n) is 10.1. The second-order valence-electron chi connectivity index (χ2n) is 3.92. The molecule has 2 aromatic rings. The van der Waals surface area contributed by atoms with Gasteiger partial charge >= 0.3 is 0 Å². The molecule has 17 heavy (non-hydrogen) atoms. The van der Waals surface area contributed by atoms with Crippen molar-refractivity contribution in [3.63, 3.8) is 0 Å². The molecule has 1 aromatic heterocycles. The number of hydrogen-bond donors (Lipinski definition) is 1. The number of aromatic nitrogens is 1. The summed E-state index contributed by atoms with van der Waals surface area (Å²) in [6.07, 6.45) is 0. The standard InChI is InChI=1S/C14H16N2O/c1-10-12(8-9-13(16-10)17-2)14(15)11-6-4-3-5-7-11/h3-9,14H,15H2,1-2H3/t14-/m1/s1. The summed E-state index contributed by atoms with van der Waals surface area (Å²) in [5.41, 5.74) is 9.24. The molecule has 0 saturated heterocycles. The molecule has 3 heteroatoms. The fourth-order valence-electron chi connectivity index (χ4n) is 1.83. The molecule has 1 aromatic carbocycles. The maximum Gasteiger partial charge on any atom is 0.213 e. The lowest BCUT2D eigenvalue weighted by Crippen LogP contribution is -2.13. The number of pyridine rings is 1. The van der Waals surface area contributed by atoms with Gasteiger partial charge in [-0.2, -0.15) is 0 Å². The predicted molar refractivity (Wildman–Crippen MR) is 68.0 cm³/mol. The summed E-state index contributed by atoms with van der Waals surface area (Å²) >= 11 is 0. The van der Waals surface area contributed by atoms with Crippen molar-refractivity contribution in [2.75, 3.05) is 7.11 Å². The van der Waals surface area contributed by atoms with E-state index in [1.807, 2.05) is 49.4 Å². The molecule has 1 atom stereocenters. The molecule has 0 radical (unpaired) electrons. The van der Waals surface area contributed by atoms with Crippen molar-refractivity contribution < 1.29 is 4.74 Å². The minimum Gasteiger partial charge on any atom is -0.481 e. The number of aryl methyl sites for hydroxylation is 1. The van der Waals surface area contributed by atoms with Crippen LogP contribution in [-0.4, -0.2) is 12.1 Å². The number of hydrogen-bond acceptors (Lipinski definition) is 3. The highest BCUT2D eigenvalue weighted by atomic mass is 16.5. The molecule has 0 aliphatic carbocycles. The maximum atomic E-state index is 6.23. The molecule has 2 rings (SSSR count). The van der Waals surface area contributed by atoms with Crippen LogP contribution in [-0.2, 0) is 0 Å². The SMILES string of the molecule is COc1ccc([C@H](N)c2ccccc2)c(C)n1. The van der Waals surface area contributed by atoms with Crippen LogP contribution in [0.2, 0.25) is 0 Å². The number of ether oxygens (including phenoxy) is 1. The van der Waals surface area contributed by atoms with Crippen molar-refractivity contribution in [3.8, 4) is 5.88 Å². The number of nitrogens with zero attached hydrogens (tertiary/aromatic N) is 1. The minimum atomic E-state index is -0.144. The zero-order valence-corrected chi connectivity index (χ0v) is 10.1. The molecule has 88 valence electrons. The first-order chi connectivity index (χ1) is 8.22. The first kappa shape index (κ1) is 11.6. The van der Waals surface area contributed by atoms with Crippen LogP contribution in [0.15, 0.2) is 42.5 Å². The summed E-state index contributed by atoms with van der Waals surface area (Å²) in [4.78, 5) is 4.34. The Bertz CT molecular complexity index is 497. The second kappa shape index (κ2) is 4.97. The Morgan fingerprint density at radius 1 is 1.12 bits per heavy atom. The predicted octanol–water partition coefficient (Wildman–Crippen LogP) is 2.45. The van der Waals surface area contributed by atoms with Crippen LogP contribution in [0, 0.1) is 6.92 Å². The smallest absolute Gasteiger partial charge is 0.213 e. The fraction of sp³-hybridized carbons (Fsp3) is 0.214. The summed E-state index contributed by atoms with van der Waals surface area (Å²) < 4.78 is 5.08. The van der Waals surface area contributed by atoms with E-state index >= 15 is 0 Å². The summed E-state index contributed by atoms with van der Waals surface area (Å²) in [6.45, 7) is 1.95. The third-order valence-electron chi connectivity index (χ3n) is 2.80. The first-order valence-electron chi connectivity index (χ1n) is 5.54. The van der Waals surface area contributed by atoms with Crippen LogP contribution in [0.5, 0.6) is 5.88 Å². The molecule has 3 nitrogen and oxygen atoms in total. The minimum absolute atomic E-state index is 0.144. The third-order valence-corrected chi connectivity index (χ3v) is 2.80. The highest BCUT2D eigenvalue weighted by Gasteiger charge is 2.12. The molecule has 0 amide bonds. The van der Waals surface area contributed by atoms with E-state index in [1.54, 1.807) is 7.11 Å². The summed E-state index contributed by atoms with van der Waals surface area (Å²) in [6, 6.07) is 13.7. The third kappa shape index (κ3) is 2.45. The van der Waals surface area contributed by atoms with Crippen LogP contribution in [0.3, 0.4) is 0 Å². The van der Waals surface area contributed by atoms with Gasteiger partial charge in [0.1, 0.15) is 0 Å². The van der Waals surface area contributed by atoms with Crippen molar-refractivity contribution in [2.24, 2.45) is 5.73 Å². The molecular weight excluding hydrogens is 212 g/mol. The lowest BCUT2D eigenvalue weighted by molar-refractivity contribution is 0.396. The molecule has 1 heterocycles. The van der Waals surface area contributed by atoms with Gasteiger partial charge in [0.25, 0.3) is 0 Å². The average molecular weight is 228 g/mol. The monoisotopic (exact) mass is 228 g/mol. The Balaban J connectivity index is 2.34. The number of nitrogens with two attached hydrogens (primary N) is 1. The zero-order chi connectivity index (χ0) is 12.3. The first-order valence-corrected chi connectivity index (χ1v) is 5.54. The second-order valence-corrected chi connectivity index (χ2v) is 3.92. The summed E-state index contributed by atoms with van der Waals surface area (Å²) in [5, 5.41) is 0. The molecule has 0 spiro atoms. The molecule has 0 bridgehead atoms. The van der Waals surface area contributed by atoms with Gasteiger partial charge in [0.05, 0.1) is 13.2 Å². The van der Waals surface area contributed by atoms with E-state index in [4.69, 9.17) is 10.5 Å². The van der Waals surface area contributed by atoms with Gasteiger partial charge in [0.2, 0.25) is 5.88 Å². The maximum absolute atomic E-state index is 6.23. The Hall–Kier alpha value is -1.87. The topological polar surface area (TPSA) is 48.1 Å². The van der Waals surface area contributed by atoms with Crippen molar-refractivity contribution in [2.45, 2.75) is 13.0 Å². The average Bonchev–Trinajstić information content (AvgIpc) is 2.39. The molecule has 2 N–H and O–H groups in total. The van der Waals surface area contributed by atoms with E-state index in [1.165, 1.54) is 0 Å². The summed E-state index contributed by atoms with van der Waals surface area (Å²) in [7, 11) is 1.61. The van der Waals surface area contributed by atoms with E-state index in [2.05, 4.69) is 4.98 Å². The normalized spacial score (nSPS) is 12.2. The lowest BCUT2D eigenvalue weighted by Gasteiger charge is -2.15. The van der Waals surface area contributed by atoms with E-state index < -0.39 is 0 Å². The van der Waals surface area contributed by atoms with Gasteiger partial charge in [0, 0.05) is 11.8 Å². The van der Waals surface area contributed by atoms with Crippen LogP contribution < -0.4 is 10.5 Å². The number of benzene rings is 1. The van der Waals surface area contributed by atoms with Crippen molar-refractivity contribution in [3.05, 3.63) is 59.3 Å². The molecule has 0 saturated carbocycles. The van der Waals surface area contributed by atoms with Gasteiger partial charge in [-0.25, -0.2) is 4.98 Å². The van der Waals surface area contributed by atoms with Crippen LogP contribution in [0.4, 0.5) is 0 Å². The largest absolute Gasteiger partial charge is 0.481 e. The highest BCUT2D eigenvalue weighted by Crippen LogP contribution is 2.23. The Morgan fingerprint density at radius 2 is 1.82 bits per heavy atom. The van der Waals surface area contributed by atoms with E-state index in [9.17, 15) is 0 Å². The van der Waals surface area contributed by atoms with Gasteiger partial charge in [-0.15, -0.1) is 0 Å². The Labute approximate surface area is 101 Å². The van der Waals surface area contributed by atoms with Gasteiger partial charge in [-0.3, -0.25) is 0 Å². The number of rotatable bonds is 3. The van der Waals surface area contributed by atoms with E-state index in [0.717, 1.165) is 16.8 Å². The molecule has 0 unspecified atom stereocenters. The Morgan fingerprint density at radius 3 is 2.41 bits per heavy atom. The van der Waals surface area contributed by atoms with Crippen LogP contribution >= 0.6 is 0 Å². The fourth-order valence-corrected chi connectivity index (χ4v) is 1.83. The Kier molecular flexibility index (Phi) is 3.40. The van der Waals surface area contributed by atoms with Crippen LogP contribution in [0.25, 0.3) is 0 Å². The van der Waals surface area contributed by atoms with Gasteiger partial charge in [-0.05, 0) is 24.1 Å². The molecule has 0 aliphatic rings. The molecule has 0 aliphatic heterocycles. The summed E-state index contributed by atoms with van der Waals surface area (Å²) in [5.74, 6) is 0.617.